The molecule has 0 spiro atoms. The Morgan fingerprint density at radius 2 is 0.964 bits per heavy atom. The molecule has 0 aromatic heterocycles. The average molecular weight is 774 g/mol. The minimum atomic E-state index is 0. The molecule has 0 bridgehead atoms. The first kappa shape index (κ1) is 56.8. The van der Waals surface area contributed by atoms with E-state index in [0.29, 0.717) is 0 Å². The molecule has 0 saturated heterocycles. The molecular weight excluding hydrogens is 661 g/mol. The summed E-state index contributed by atoms with van der Waals surface area (Å²) in [6.07, 6.45) is 26.7. The highest BCUT2D eigenvalue weighted by atomic mass is 14.5. The van der Waals surface area contributed by atoms with Gasteiger partial charge in [-0.25, -0.2) is 0 Å². The van der Waals surface area contributed by atoms with E-state index in [-0.39, 0.29) is 14.9 Å². The Hall–Kier alpha value is -0.260. The van der Waals surface area contributed by atoms with Crippen LogP contribution in [-0.2, 0) is 0 Å². The lowest BCUT2D eigenvalue weighted by Crippen LogP contribution is -2.42. The van der Waals surface area contributed by atoms with Crippen molar-refractivity contribution in [2.45, 2.75) is 242 Å². The van der Waals surface area contributed by atoms with Gasteiger partial charge in [0, 0.05) is 0 Å². The van der Waals surface area contributed by atoms with E-state index in [1.165, 1.54) is 96.3 Å². The van der Waals surface area contributed by atoms with Crippen LogP contribution in [0.3, 0.4) is 0 Å². The van der Waals surface area contributed by atoms with Gasteiger partial charge in [0.2, 0.25) is 0 Å². The highest BCUT2D eigenvalue weighted by molar-refractivity contribution is 5.10. The van der Waals surface area contributed by atoms with Gasteiger partial charge in [0.15, 0.2) is 0 Å². The first-order valence-corrected chi connectivity index (χ1v) is 25.1. The lowest BCUT2D eigenvalue weighted by Gasteiger charge is -2.50. The number of hydrogen-bond donors (Lipinski definition) is 0. The highest BCUT2D eigenvalue weighted by Gasteiger charge is 2.45. The Balaban J connectivity index is 0. The Morgan fingerprint density at radius 1 is 0.436 bits per heavy atom. The van der Waals surface area contributed by atoms with Crippen molar-refractivity contribution in [3.8, 4) is 0 Å². The van der Waals surface area contributed by atoms with Crippen LogP contribution >= 0.6 is 0 Å². The summed E-state index contributed by atoms with van der Waals surface area (Å²) in [4.78, 5) is 0. The molecule has 4 fully saturated rings. The molecule has 5 aliphatic carbocycles. The minimum absolute atomic E-state index is 0. The standard InChI is InChI=1S/C45H80.4C2H6.2CH4/c1-11-37-26-33(7)41-19-14-29(3)22-40(41)27-39(38-17-12-28(2)13-18-38)25-32(6)34(8)35(9)42-20-15-30(4)23-44(42)36(10)43-21-16-31(5)24-45(37)43;4*1-2;;/h23,28-29,31-45H,11-22,24-27H2,1-10H3;4*1-2H3;2*1H4. The van der Waals surface area contributed by atoms with E-state index >= 15 is 0 Å². The molecule has 332 valence electrons. The summed E-state index contributed by atoms with van der Waals surface area (Å²) < 4.78 is 0. The number of fused-ring (bicyclic) bond motifs is 3. The van der Waals surface area contributed by atoms with Crippen molar-refractivity contribution in [1.29, 1.82) is 0 Å². The van der Waals surface area contributed by atoms with E-state index in [0.717, 1.165) is 101 Å². The Morgan fingerprint density at radius 3 is 1.53 bits per heavy atom. The lowest BCUT2D eigenvalue weighted by molar-refractivity contribution is 0.0112. The SMILES string of the molecule is C.C.CC.CC.CC.CC.CCC1CC(C)C2CCC(C)CC2CC(C2CCC(C)CC2)CC(C)C(C)C(C)C2CCC(C)=CC2C(C)C2CCC(C)CC12. The fourth-order valence-corrected chi connectivity index (χ4v) is 13.3. The topological polar surface area (TPSA) is 0 Å². The molecule has 5 rings (SSSR count). The average Bonchev–Trinajstić information content (AvgIpc) is 3.18. The van der Waals surface area contributed by atoms with Gasteiger partial charge in [-0.15, -0.1) is 0 Å². The highest BCUT2D eigenvalue weighted by Crippen LogP contribution is 2.54. The summed E-state index contributed by atoms with van der Waals surface area (Å²) in [5.41, 5.74) is 1.70. The molecule has 0 nitrogen and oxygen atoms in total. The Kier molecular flexibility index (Phi) is 30.9. The van der Waals surface area contributed by atoms with Crippen LogP contribution in [0.1, 0.15) is 242 Å². The number of allylic oxidation sites excluding steroid dienone is 2. The third-order valence-corrected chi connectivity index (χ3v) is 16.6. The zero-order valence-corrected chi connectivity index (χ0v) is 40.2. The fraction of sp³-hybridized carbons (Fsp3) is 0.964. The second-order valence-electron chi connectivity index (χ2n) is 19.6. The van der Waals surface area contributed by atoms with Crippen molar-refractivity contribution < 1.29 is 0 Å². The van der Waals surface area contributed by atoms with Crippen LogP contribution in [-0.4, -0.2) is 0 Å². The predicted molar refractivity (Wildman–Crippen MR) is 257 cm³/mol. The summed E-state index contributed by atoms with van der Waals surface area (Å²) in [6, 6.07) is 0. The van der Waals surface area contributed by atoms with Crippen molar-refractivity contribution in [2.75, 3.05) is 0 Å². The van der Waals surface area contributed by atoms with Crippen molar-refractivity contribution in [1.82, 2.24) is 0 Å². The largest absolute Gasteiger partial charge is 0.0819 e. The van der Waals surface area contributed by atoms with Crippen molar-refractivity contribution in [2.24, 2.45) is 101 Å². The second kappa shape index (κ2) is 29.9. The van der Waals surface area contributed by atoms with E-state index in [4.69, 9.17) is 0 Å². The van der Waals surface area contributed by atoms with Gasteiger partial charge in [-0.1, -0.05) is 176 Å². The molecular formula is C55H112. The van der Waals surface area contributed by atoms with Gasteiger partial charge < -0.3 is 0 Å². The van der Waals surface area contributed by atoms with E-state index in [2.05, 4.69) is 75.3 Å². The summed E-state index contributed by atoms with van der Waals surface area (Å²) in [5, 5.41) is 0. The molecule has 0 aliphatic heterocycles. The molecule has 0 heteroatoms. The van der Waals surface area contributed by atoms with Gasteiger partial charge >= 0.3 is 0 Å². The lowest BCUT2D eigenvalue weighted by atomic mass is 9.55. The first-order valence-electron chi connectivity index (χ1n) is 25.1. The maximum Gasteiger partial charge on any atom is -0.0171 e. The van der Waals surface area contributed by atoms with Gasteiger partial charge in [-0.2, -0.15) is 0 Å². The van der Waals surface area contributed by atoms with E-state index in [1.54, 1.807) is 12.0 Å². The van der Waals surface area contributed by atoms with Crippen molar-refractivity contribution >= 4 is 0 Å². The van der Waals surface area contributed by atoms with Gasteiger partial charge in [-0.05, 0) is 178 Å². The van der Waals surface area contributed by atoms with Gasteiger partial charge in [-0.3, -0.25) is 0 Å². The van der Waals surface area contributed by atoms with Crippen molar-refractivity contribution in [3.63, 3.8) is 0 Å². The molecule has 15 unspecified atom stereocenters. The predicted octanol–water partition coefficient (Wildman–Crippen LogP) is 19.3. The van der Waals surface area contributed by atoms with E-state index in [9.17, 15) is 0 Å². The quantitative estimate of drug-likeness (QED) is 0.245. The van der Waals surface area contributed by atoms with Crippen LogP contribution in [0, 0.1) is 101 Å². The Labute approximate surface area is 353 Å². The molecule has 5 aliphatic rings. The van der Waals surface area contributed by atoms with E-state index < -0.39 is 0 Å². The van der Waals surface area contributed by atoms with Crippen molar-refractivity contribution in [3.05, 3.63) is 11.6 Å². The summed E-state index contributed by atoms with van der Waals surface area (Å²) in [6.45, 7) is 42.4. The number of hydrogen-bond acceptors (Lipinski definition) is 0. The normalized spacial score (nSPS) is 42.1. The molecule has 4 saturated carbocycles. The van der Waals surface area contributed by atoms with Gasteiger partial charge in [0.1, 0.15) is 0 Å². The summed E-state index contributed by atoms with van der Waals surface area (Å²) in [5.74, 6) is 15.5. The maximum atomic E-state index is 2.84. The van der Waals surface area contributed by atoms with Crippen LogP contribution < -0.4 is 0 Å². The summed E-state index contributed by atoms with van der Waals surface area (Å²) >= 11 is 0. The molecule has 0 amide bonds. The number of rotatable bonds is 2. The minimum Gasteiger partial charge on any atom is -0.0819 e. The molecule has 0 aromatic rings. The summed E-state index contributed by atoms with van der Waals surface area (Å²) in [7, 11) is 0. The molecule has 0 N–H and O–H groups in total. The smallest absolute Gasteiger partial charge is 0.0171 e. The van der Waals surface area contributed by atoms with Gasteiger partial charge in [0.05, 0.1) is 0 Å². The zero-order valence-electron chi connectivity index (χ0n) is 40.2. The van der Waals surface area contributed by atoms with Crippen LogP contribution in [0.2, 0.25) is 0 Å². The molecule has 15 atom stereocenters. The van der Waals surface area contributed by atoms with E-state index in [1.807, 2.05) is 55.4 Å². The molecule has 55 heavy (non-hydrogen) atoms. The second-order valence-corrected chi connectivity index (χ2v) is 19.6. The molecule has 0 aromatic carbocycles. The first-order chi connectivity index (χ1) is 25.5. The maximum absolute atomic E-state index is 2.84. The van der Waals surface area contributed by atoms with Crippen LogP contribution in [0.25, 0.3) is 0 Å². The van der Waals surface area contributed by atoms with Crippen LogP contribution in [0.15, 0.2) is 11.6 Å². The third-order valence-electron chi connectivity index (χ3n) is 16.6. The monoisotopic (exact) mass is 773 g/mol. The Bertz CT molecular complexity index is 920. The third kappa shape index (κ3) is 16.0. The van der Waals surface area contributed by atoms with Gasteiger partial charge in [0.25, 0.3) is 0 Å². The van der Waals surface area contributed by atoms with Crippen LogP contribution in [0.5, 0.6) is 0 Å². The molecule has 0 radical (unpaired) electrons. The molecule has 0 heterocycles. The van der Waals surface area contributed by atoms with Crippen LogP contribution in [0.4, 0.5) is 0 Å². The fourth-order valence-electron chi connectivity index (χ4n) is 13.3. The zero-order chi connectivity index (χ0) is 40.4.